The van der Waals surface area contributed by atoms with Crippen LogP contribution in [0.3, 0.4) is 0 Å². The Bertz CT molecular complexity index is 1450. The third kappa shape index (κ3) is 3.92. The fourth-order valence-electron chi connectivity index (χ4n) is 4.87. The van der Waals surface area contributed by atoms with E-state index in [0.717, 1.165) is 31.7 Å². The molecule has 3 aromatic carbocycles. The molecule has 0 N–H and O–H groups in total. The van der Waals surface area contributed by atoms with Crippen LogP contribution in [-0.4, -0.2) is 23.2 Å². The van der Waals surface area contributed by atoms with Gasteiger partial charge in [0.1, 0.15) is 12.0 Å². The summed E-state index contributed by atoms with van der Waals surface area (Å²) in [7, 11) is 2.05. The molecular formula is C29H24FN3OS2. The highest BCUT2D eigenvalue weighted by molar-refractivity contribution is 8.15. The van der Waals surface area contributed by atoms with Crippen molar-refractivity contribution in [3.63, 3.8) is 0 Å². The smallest absolute Gasteiger partial charge is 0.262 e. The SMILES string of the molecule is CC1SC(c2ccc(F)cc2)=NC1c1ccc(C2N(C)c3ccccc3C(=O)N2c2ccccc2)s1. The van der Waals surface area contributed by atoms with Crippen LogP contribution in [0, 0.1) is 5.82 Å². The molecule has 6 rings (SSSR count). The molecule has 0 fully saturated rings. The second-order valence-corrected chi connectivity index (χ2v) is 11.5. The van der Waals surface area contributed by atoms with Crippen molar-refractivity contribution in [1.29, 1.82) is 0 Å². The molecule has 3 atom stereocenters. The number of fused-ring (bicyclic) bond motifs is 1. The molecule has 4 aromatic rings. The van der Waals surface area contributed by atoms with Crippen LogP contribution in [0.25, 0.3) is 0 Å². The third-order valence-electron chi connectivity index (χ3n) is 6.66. The molecule has 1 aromatic heterocycles. The average Bonchev–Trinajstić information content (AvgIpc) is 3.54. The minimum absolute atomic E-state index is 0.00347. The molecule has 4 nitrogen and oxygen atoms in total. The Kier molecular flexibility index (Phi) is 5.90. The van der Waals surface area contributed by atoms with Gasteiger partial charge in [0, 0.05) is 33.3 Å². The number of hydrogen-bond acceptors (Lipinski definition) is 5. The van der Waals surface area contributed by atoms with Gasteiger partial charge in [-0.1, -0.05) is 37.3 Å². The van der Waals surface area contributed by atoms with Gasteiger partial charge in [0.25, 0.3) is 5.91 Å². The van der Waals surface area contributed by atoms with E-state index >= 15 is 0 Å². The minimum atomic E-state index is -0.265. The molecule has 0 spiro atoms. The number of halogens is 1. The summed E-state index contributed by atoms with van der Waals surface area (Å²) in [4.78, 5) is 25.1. The molecule has 7 heteroatoms. The van der Waals surface area contributed by atoms with Crippen molar-refractivity contribution in [2.75, 3.05) is 16.8 Å². The summed E-state index contributed by atoms with van der Waals surface area (Å²) in [5.41, 5.74) is 3.43. The molecule has 0 bridgehead atoms. The zero-order valence-corrected chi connectivity index (χ0v) is 21.5. The molecule has 180 valence electrons. The number of nitrogens with zero attached hydrogens (tertiary/aromatic N) is 3. The Balaban J connectivity index is 1.38. The van der Waals surface area contributed by atoms with Crippen molar-refractivity contribution in [1.82, 2.24) is 0 Å². The normalized spacial score (nSPS) is 21.5. The monoisotopic (exact) mass is 513 g/mol. The minimum Gasteiger partial charge on any atom is -0.349 e. The first-order valence-corrected chi connectivity index (χ1v) is 13.5. The van der Waals surface area contributed by atoms with E-state index in [4.69, 9.17) is 4.99 Å². The van der Waals surface area contributed by atoms with Gasteiger partial charge in [0.15, 0.2) is 0 Å². The molecule has 0 aliphatic carbocycles. The van der Waals surface area contributed by atoms with Crippen LogP contribution in [0.2, 0.25) is 0 Å². The molecule has 2 aliphatic heterocycles. The van der Waals surface area contributed by atoms with Crippen LogP contribution in [0.5, 0.6) is 0 Å². The van der Waals surface area contributed by atoms with E-state index in [1.165, 1.54) is 12.1 Å². The number of amides is 1. The maximum atomic E-state index is 13.7. The predicted molar refractivity (Wildman–Crippen MR) is 148 cm³/mol. The number of aliphatic imine (C=N–C) groups is 1. The lowest BCUT2D eigenvalue weighted by Gasteiger charge is -2.43. The maximum absolute atomic E-state index is 13.7. The van der Waals surface area contributed by atoms with E-state index in [1.54, 1.807) is 35.2 Å². The van der Waals surface area contributed by atoms with Crippen molar-refractivity contribution in [3.8, 4) is 0 Å². The summed E-state index contributed by atoms with van der Waals surface area (Å²) in [6, 6.07) is 28.4. The highest BCUT2D eigenvalue weighted by atomic mass is 32.2. The first kappa shape index (κ1) is 23.0. The van der Waals surface area contributed by atoms with Crippen molar-refractivity contribution >= 4 is 45.4 Å². The standard InChI is InChI=1S/C29H24FN3OS2/c1-18-26(31-27(35-18)19-12-14-20(30)15-13-19)24-16-17-25(36-24)28-32(2)23-11-7-6-10-22(23)29(34)33(28)21-8-4-3-5-9-21/h3-18,26,28H,1-2H3. The number of rotatable bonds is 4. The van der Waals surface area contributed by atoms with Gasteiger partial charge in [0.2, 0.25) is 0 Å². The maximum Gasteiger partial charge on any atom is 0.262 e. The Morgan fingerprint density at radius 1 is 0.861 bits per heavy atom. The molecule has 3 heterocycles. The Morgan fingerprint density at radius 3 is 2.33 bits per heavy atom. The molecule has 3 unspecified atom stereocenters. The van der Waals surface area contributed by atoms with E-state index in [-0.39, 0.29) is 29.2 Å². The van der Waals surface area contributed by atoms with E-state index in [1.807, 2.05) is 66.5 Å². The molecule has 0 saturated carbocycles. The molecule has 36 heavy (non-hydrogen) atoms. The molecule has 1 amide bonds. The number of thioether (sulfide) groups is 1. The lowest BCUT2D eigenvalue weighted by Crippen LogP contribution is -2.47. The number of anilines is 2. The number of thiophene rings is 1. The fraction of sp³-hybridized carbons (Fsp3) is 0.172. The highest BCUT2D eigenvalue weighted by Crippen LogP contribution is 2.46. The van der Waals surface area contributed by atoms with Gasteiger partial charge >= 0.3 is 0 Å². The summed E-state index contributed by atoms with van der Waals surface area (Å²) in [6.07, 6.45) is -0.265. The topological polar surface area (TPSA) is 35.9 Å². The number of carbonyl (C=O) groups excluding carboxylic acids is 1. The van der Waals surface area contributed by atoms with Crippen molar-refractivity contribution < 1.29 is 9.18 Å². The second kappa shape index (κ2) is 9.22. The zero-order valence-electron chi connectivity index (χ0n) is 19.8. The highest BCUT2D eigenvalue weighted by Gasteiger charge is 2.39. The number of para-hydroxylation sites is 2. The van der Waals surface area contributed by atoms with Crippen molar-refractivity contribution in [2.45, 2.75) is 24.4 Å². The van der Waals surface area contributed by atoms with Crippen molar-refractivity contribution in [2.24, 2.45) is 4.99 Å². The Morgan fingerprint density at radius 2 is 1.56 bits per heavy atom. The zero-order chi connectivity index (χ0) is 24.8. The van der Waals surface area contributed by atoms with Gasteiger partial charge in [-0.25, -0.2) is 4.39 Å². The van der Waals surface area contributed by atoms with Gasteiger partial charge in [0.05, 0.1) is 22.3 Å². The van der Waals surface area contributed by atoms with Crippen molar-refractivity contribution in [3.05, 3.63) is 118 Å². The quantitative estimate of drug-likeness (QED) is 0.287. The second-order valence-electron chi connectivity index (χ2n) is 8.96. The molecule has 2 aliphatic rings. The van der Waals surface area contributed by atoms with E-state index < -0.39 is 0 Å². The first-order valence-electron chi connectivity index (χ1n) is 11.8. The summed E-state index contributed by atoms with van der Waals surface area (Å²) < 4.78 is 13.4. The van der Waals surface area contributed by atoms with Crippen LogP contribution in [-0.2, 0) is 0 Å². The lowest BCUT2D eigenvalue weighted by atomic mass is 10.0. The van der Waals surface area contributed by atoms with Crippen LogP contribution >= 0.6 is 23.1 Å². The van der Waals surface area contributed by atoms with Gasteiger partial charge in [-0.3, -0.25) is 14.7 Å². The Hall–Kier alpha value is -3.42. The van der Waals surface area contributed by atoms with Gasteiger partial charge in [-0.2, -0.15) is 0 Å². The predicted octanol–water partition coefficient (Wildman–Crippen LogP) is 7.31. The van der Waals surface area contributed by atoms with E-state index in [9.17, 15) is 9.18 Å². The summed E-state index contributed by atoms with van der Waals surface area (Å²) in [6.45, 7) is 2.18. The molecule has 0 saturated heterocycles. The summed E-state index contributed by atoms with van der Waals surface area (Å²) in [5, 5.41) is 1.19. The number of benzene rings is 3. The summed E-state index contributed by atoms with van der Waals surface area (Å²) >= 11 is 3.42. The van der Waals surface area contributed by atoms with Crippen LogP contribution in [0.4, 0.5) is 15.8 Å². The largest absolute Gasteiger partial charge is 0.349 e. The lowest BCUT2D eigenvalue weighted by molar-refractivity contribution is 0.0970. The summed E-state index contributed by atoms with van der Waals surface area (Å²) in [5.74, 6) is -0.248. The van der Waals surface area contributed by atoms with Gasteiger partial charge < -0.3 is 4.90 Å². The Labute approximate surface area is 218 Å². The van der Waals surface area contributed by atoms with E-state index in [2.05, 4.69) is 24.0 Å². The van der Waals surface area contributed by atoms with Gasteiger partial charge in [-0.15, -0.1) is 23.1 Å². The number of carbonyl (C=O) groups is 1. The number of hydrogen-bond donors (Lipinski definition) is 0. The van der Waals surface area contributed by atoms with Gasteiger partial charge in [-0.05, 0) is 60.7 Å². The van der Waals surface area contributed by atoms with Crippen LogP contribution in [0.1, 0.15) is 44.8 Å². The van der Waals surface area contributed by atoms with Crippen LogP contribution in [0.15, 0.2) is 96.0 Å². The third-order valence-corrected chi connectivity index (χ3v) is 9.05. The van der Waals surface area contributed by atoms with E-state index in [0.29, 0.717) is 5.56 Å². The fourth-order valence-corrected chi connectivity index (χ4v) is 7.38. The molecule has 0 radical (unpaired) electrons. The first-order chi connectivity index (χ1) is 17.5. The van der Waals surface area contributed by atoms with Crippen LogP contribution < -0.4 is 9.80 Å². The molecular weight excluding hydrogens is 489 g/mol. The average molecular weight is 514 g/mol.